The first-order valence-corrected chi connectivity index (χ1v) is 8.15. The van der Waals surface area contributed by atoms with Gasteiger partial charge in [0.25, 0.3) is 0 Å². The molecule has 0 amide bonds. The summed E-state index contributed by atoms with van der Waals surface area (Å²) in [6.07, 6.45) is 0. The predicted octanol–water partition coefficient (Wildman–Crippen LogP) is 0.485. The molecule has 0 saturated carbocycles. The smallest absolute Gasteiger partial charge is 0.244 e. The third-order valence-electron chi connectivity index (χ3n) is 3.19. The molecule has 0 atom stereocenters. The minimum absolute atomic E-state index is 0.221. The third kappa shape index (κ3) is 2.46. The van der Waals surface area contributed by atoms with E-state index in [1.54, 1.807) is 12.3 Å². The van der Waals surface area contributed by atoms with Crippen LogP contribution in [0.15, 0.2) is 10.3 Å². The lowest BCUT2D eigenvalue weighted by Crippen LogP contribution is -2.47. The summed E-state index contributed by atoms with van der Waals surface area (Å²) < 4.78 is 26.6. The average Bonchev–Trinajstić information content (AvgIpc) is 2.71. The lowest BCUT2D eigenvalue weighted by molar-refractivity contribution is 0.222. The molecular weight excluding hydrogens is 272 g/mol. The van der Waals surface area contributed by atoms with E-state index >= 15 is 0 Å². The van der Waals surface area contributed by atoms with Gasteiger partial charge < -0.3 is 10.0 Å². The first-order valence-electron chi connectivity index (χ1n) is 5.83. The van der Waals surface area contributed by atoms with E-state index in [0.29, 0.717) is 22.9 Å². The number of sulfonamides is 1. The standard InChI is InChI=1S/C11H18N2O3S2/c1-9-8-17-10(7-14)11(9)18(15,16)13-5-3-12(2)4-6-13/h8,14H,3-7H2,1-2H3. The predicted molar refractivity (Wildman–Crippen MR) is 71.2 cm³/mol. The molecule has 2 rings (SSSR count). The normalized spacial score (nSPS) is 19.3. The Labute approximate surface area is 112 Å². The molecule has 1 saturated heterocycles. The molecule has 1 aromatic heterocycles. The van der Waals surface area contributed by atoms with Crippen molar-refractivity contribution in [1.82, 2.24) is 9.21 Å². The number of thiophene rings is 1. The highest BCUT2D eigenvalue weighted by atomic mass is 32.2. The highest BCUT2D eigenvalue weighted by Crippen LogP contribution is 2.29. The zero-order valence-corrected chi connectivity index (χ0v) is 12.2. The minimum atomic E-state index is -3.46. The van der Waals surface area contributed by atoms with E-state index in [1.807, 2.05) is 7.05 Å². The molecule has 2 heterocycles. The number of hydrogen-bond acceptors (Lipinski definition) is 5. The van der Waals surface area contributed by atoms with E-state index in [2.05, 4.69) is 4.90 Å². The fourth-order valence-electron chi connectivity index (χ4n) is 2.10. The Balaban J connectivity index is 2.33. The van der Waals surface area contributed by atoms with Crippen LogP contribution in [0.4, 0.5) is 0 Å². The number of likely N-dealkylation sites (N-methyl/N-ethyl adjacent to an activating group) is 1. The van der Waals surface area contributed by atoms with E-state index in [1.165, 1.54) is 15.6 Å². The highest BCUT2D eigenvalue weighted by molar-refractivity contribution is 7.89. The van der Waals surface area contributed by atoms with Crippen molar-refractivity contribution in [2.45, 2.75) is 18.4 Å². The molecule has 7 heteroatoms. The van der Waals surface area contributed by atoms with Crippen molar-refractivity contribution in [2.24, 2.45) is 0 Å². The van der Waals surface area contributed by atoms with Gasteiger partial charge >= 0.3 is 0 Å². The highest BCUT2D eigenvalue weighted by Gasteiger charge is 2.31. The zero-order chi connectivity index (χ0) is 13.3. The number of aliphatic hydroxyl groups is 1. The fraction of sp³-hybridized carbons (Fsp3) is 0.636. The topological polar surface area (TPSA) is 60.9 Å². The Morgan fingerprint density at radius 1 is 1.33 bits per heavy atom. The van der Waals surface area contributed by atoms with Crippen molar-refractivity contribution in [1.29, 1.82) is 0 Å². The van der Waals surface area contributed by atoms with Gasteiger partial charge in [0.15, 0.2) is 0 Å². The second kappa shape index (κ2) is 5.26. The molecule has 0 unspecified atom stereocenters. The lowest BCUT2D eigenvalue weighted by atomic mass is 10.3. The largest absolute Gasteiger partial charge is 0.391 e. The van der Waals surface area contributed by atoms with E-state index in [4.69, 9.17) is 0 Å². The van der Waals surface area contributed by atoms with Crippen molar-refractivity contribution >= 4 is 21.4 Å². The van der Waals surface area contributed by atoms with Crippen LogP contribution in [-0.4, -0.2) is 56.0 Å². The van der Waals surface area contributed by atoms with Crippen LogP contribution in [0.2, 0.25) is 0 Å². The molecule has 1 N–H and O–H groups in total. The van der Waals surface area contributed by atoms with Gasteiger partial charge in [0, 0.05) is 26.2 Å². The molecule has 0 radical (unpaired) electrons. The number of hydrogen-bond donors (Lipinski definition) is 1. The van der Waals surface area contributed by atoms with Gasteiger partial charge in [-0.2, -0.15) is 4.31 Å². The first-order chi connectivity index (χ1) is 8.46. The number of aliphatic hydroxyl groups excluding tert-OH is 1. The Morgan fingerprint density at radius 3 is 2.50 bits per heavy atom. The zero-order valence-electron chi connectivity index (χ0n) is 10.6. The Hall–Kier alpha value is -0.470. The van der Waals surface area contributed by atoms with Crippen molar-refractivity contribution in [2.75, 3.05) is 33.2 Å². The molecule has 0 aliphatic carbocycles. The summed E-state index contributed by atoms with van der Waals surface area (Å²) in [6, 6.07) is 0. The average molecular weight is 290 g/mol. The van der Waals surface area contributed by atoms with E-state index in [-0.39, 0.29) is 6.61 Å². The number of rotatable bonds is 3. The summed E-state index contributed by atoms with van der Waals surface area (Å²) in [5.41, 5.74) is 0.725. The van der Waals surface area contributed by atoms with Gasteiger partial charge in [-0.3, -0.25) is 0 Å². The molecule has 1 fully saturated rings. The maximum absolute atomic E-state index is 12.6. The third-order valence-corrected chi connectivity index (χ3v) is 6.54. The molecule has 102 valence electrons. The SMILES string of the molecule is Cc1csc(CO)c1S(=O)(=O)N1CCN(C)CC1. The van der Waals surface area contributed by atoms with Crippen LogP contribution in [0, 0.1) is 6.92 Å². The van der Waals surface area contributed by atoms with Crippen molar-refractivity contribution < 1.29 is 13.5 Å². The summed E-state index contributed by atoms with van der Waals surface area (Å²) in [5.74, 6) is 0. The van der Waals surface area contributed by atoms with Gasteiger partial charge in [-0.1, -0.05) is 0 Å². The van der Waals surface area contributed by atoms with Gasteiger partial charge in [0.05, 0.1) is 11.5 Å². The molecule has 1 aromatic rings. The molecule has 0 spiro atoms. The summed E-state index contributed by atoms with van der Waals surface area (Å²) in [5, 5.41) is 11.0. The summed E-state index contributed by atoms with van der Waals surface area (Å²) in [7, 11) is -1.47. The van der Waals surface area contributed by atoms with Gasteiger partial charge in [0.1, 0.15) is 4.90 Å². The van der Waals surface area contributed by atoms with Crippen LogP contribution >= 0.6 is 11.3 Å². The quantitative estimate of drug-likeness (QED) is 0.880. The van der Waals surface area contributed by atoms with E-state index in [0.717, 1.165) is 18.7 Å². The summed E-state index contributed by atoms with van der Waals surface area (Å²) >= 11 is 1.30. The molecule has 1 aliphatic heterocycles. The van der Waals surface area contributed by atoms with Crippen molar-refractivity contribution in [3.8, 4) is 0 Å². The van der Waals surface area contributed by atoms with Crippen molar-refractivity contribution in [3.05, 3.63) is 15.8 Å². The number of aryl methyl sites for hydroxylation is 1. The molecule has 0 bridgehead atoms. The van der Waals surface area contributed by atoms with Gasteiger partial charge in [-0.15, -0.1) is 11.3 Å². The molecule has 1 aliphatic rings. The van der Waals surface area contributed by atoms with Gasteiger partial charge in [-0.25, -0.2) is 8.42 Å². The first kappa shape index (κ1) is 14.0. The minimum Gasteiger partial charge on any atom is -0.391 e. The van der Waals surface area contributed by atoms with Crippen LogP contribution in [0.3, 0.4) is 0 Å². The second-order valence-electron chi connectivity index (χ2n) is 4.54. The van der Waals surface area contributed by atoms with Crippen molar-refractivity contribution in [3.63, 3.8) is 0 Å². The molecule has 0 aromatic carbocycles. The van der Waals surface area contributed by atoms with Gasteiger partial charge in [0.2, 0.25) is 10.0 Å². The Bertz CT molecular complexity index is 516. The maximum atomic E-state index is 12.6. The fourth-order valence-corrected chi connectivity index (χ4v) is 5.13. The summed E-state index contributed by atoms with van der Waals surface area (Å²) in [6.45, 7) is 4.07. The van der Waals surface area contributed by atoms with Crippen LogP contribution in [0.1, 0.15) is 10.4 Å². The Morgan fingerprint density at radius 2 is 1.94 bits per heavy atom. The van der Waals surface area contributed by atoms with Crippen LogP contribution in [0.25, 0.3) is 0 Å². The van der Waals surface area contributed by atoms with Crippen LogP contribution in [-0.2, 0) is 16.6 Å². The monoisotopic (exact) mass is 290 g/mol. The van der Waals surface area contributed by atoms with E-state index < -0.39 is 10.0 Å². The maximum Gasteiger partial charge on any atom is 0.244 e. The van der Waals surface area contributed by atoms with Crippen LogP contribution in [0.5, 0.6) is 0 Å². The molecule has 18 heavy (non-hydrogen) atoms. The second-order valence-corrected chi connectivity index (χ2v) is 7.38. The number of piperazine rings is 1. The van der Waals surface area contributed by atoms with Crippen LogP contribution < -0.4 is 0 Å². The van der Waals surface area contributed by atoms with Gasteiger partial charge in [-0.05, 0) is 24.9 Å². The number of nitrogens with zero attached hydrogens (tertiary/aromatic N) is 2. The summed E-state index contributed by atoms with van der Waals surface area (Å²) in [4.78, 5) is 2.95. The molecular formula is C11H18N2O3S2. The van der Waals surface area contributed by atoms with E-state index in [9.17, 15) is 13.5 Å². The Kier molecular flexibility index (Phi) is 4.08. The molecule has 5 nitrogen and oxygen atoms in total. The lowest BCUT2D eigenvalue weighted by Gasteiger charge is -2.31.